The third kappa shape index (κ3) is 2.24. The van der Waals surface area contributed by atoms with Crippen LogP contribution in [0.15, 0.2) is 70.8 Å². The number of nitrogens with zero attached hydrogens (tertiary/aromatic N) is 2. The summed E-state index contributed by atoms with van der Waals surface area (Å²) in [5, 5.41) is 13.9. The zero-order valence-corrected chi connectivity index (χ0v) is 14.9. The van der Waals surface area contributed by atoms with E-state index >= 15 is 0 Å². The number of aromatic nitrogens is 2. The van der Waals surface area contributed by atoms with Crippen LogP contribution >= 0.6 is 11.3 Å². The molecular weight excluding hydrogens is 360 g/mol. The predicted octanol–water partition coefficient (Wildman–Crippen LogP) is 3.27. The summed E-state index contributed by atoms with van der Waals surface area (Å²) in [6.07, 6.45) is -0.171. The maximum Gasteiger partial charge on any atom is 0.266 e. The Balaban J connectivity index is 1.79. The van der Waals surface area contributed by atoms with Crippen LogP contribution in [0.4, 0.5) is 0 Å². The van der Waals surface area contributed by atoms with Crippen LogP contribution in [0, 0.1) is 0 Å². The van der Waals surface area contributed by atoms with Crippen molar-refractivity contribution in [1.82, 2.24) is 9.55 Å². The van der Waals surface area contributed by atoms with Crippen LogP contribution in [-0.2, 0) is 5.60 Å². The van der Waals surface area contributed by atoms with Crippen LogP contribution in [0.1, 0.15) is 27.5 Å². The van der Waals surface area contributed by atoms with E-state index in [0.29, 0.717) is 27.0 Å². The normalized spacial score (nSPS) is 17.7. The zero-order chi connectivity index (χ0) is 18.6. The minimum atomic E-state index is -1.65. The van der Waals surface area contributed by atoms with Gasteiger partial charge in [-0.25, -0.2) is 4.98 Å². The van der Waals surface area contributed by atoms with Gasteiger partial charge in [0.1, 0.15) is 0 Å². The van der Waals surface area contributed by atoms with Gasteiger partial charge in [-0.15, -0.1) is 11.3 Å². The Hall–Kier alpha value is -3.09. The number of para-hydroxylation sites is 2. The monoisotopic (exact) mass is 374 g/mol. The smallest absolute Gasteiger partial charge is 0.266 e. The van der Waals surface area contributed by atoms with Crippen molar-refractivity contribution >= 4 is 28.0 Å². The fraction of sp³-hybridized carbons (Fsp3) is 0.0952. The van der Waals surface area contributed by atoms with Gasteiger partial charge in [0.2, 0.25) is 0 Å². The molecule has 0 aliphatic carbocycles. The predicted molar refractivity (Wildman–Crippen MR) is 104 cm³/mol. The van der Waals surface area contributed by atoms with E-state index < -0.39 is 5.60 Å². The second kappa shape index (κ2) is 5.70. The fourth-order valence-corrected chi connectivity index (χ4v) is 4.37. The molecule has 1 unspecified atom stereocenters. The molecule has 4 aromatic rings. The molecule has 6 heteroatoms. The number of aliphatic hydroxyl groups is 1. The number of hydrogen-bond acceptors (Lipinski definition) is 5. The van der Waals surface area contributed by atoms with Crippen molar-refractivity contribution in [2.75, 3.05) is 0 Å². The molecule has 0 bridgehead atoms. The van der Waals surface area contributed by atoms with E-state index in [1.807, 2.05) is 5.38 Å². The summed E-state index contributed by atoms with van der Waals surface area (Å²) >= 11 is 1.33. The average molecular weight is 374 g/mol. The van der Waals surface area contributed by atoms with E-state index in [1.165, 1.54) is 15.9 Å². The van der Waals surface area contributed by atoms with Gasteiger partial charge in [-0.1, -0.05) is 36.4 Å². The number of benzene rings is 2. The molecule has 5 nitrogen and oxygen atoms in total. The second-order valence-corrected chi connectivity index (χ2v) is 7.50. The van der Waals surface area contributed by atoms with E-state index in [2.05, 4.69) is 4.98 Å². The molecule has 5 rings (SSSR count). The maximum atomic E-state index is 13.1. The quantitative estimate of drug-likeness (QED) is 0.559. The Morgan fingerprint density at radius 3 is 2.67 bits per heavy atom. The molecular formula is C21H14N2O3S. The van der Waals surface area contributed by atoms with Crippen LogP contribution in [0.3, 0.4) is 0 Å². The zero-order valence-electron chi connectivity index (χ0n) is 14.1. The van der Waals surface area contributed by atoms with Crippen LogP contribution in [0.5, 0.6) is 0 Å². The Kier molecular flexibility index (Phi) is 3.40. The van der Waals surface area contributed by atoms with Gasteiger partial charge >= 0.3 is 0 Å². The van der Waals surface area contributed by atoms with Gasteiger partial charge in [0, 0.05) is 5.56 Å². The molecule has 3 heterocycles. The molecule has 132 valence electrons. The van der Waals surface area contributed by atoms with Crippen LogP contribution in [0.2, 0.25) is 0 Å². The second-order valence-electron chi connectivity index (χ2n) is 6.55. The third-order valence-electron chi connectivity index (χ3n) is 4.95. The molecule has 1 aliphatic rings. The Bertz CT molecular complexity index is 1260. The van der Waals surface area contributed by atoms with Gasteiger partial charge in [0.15, 0.2) is 17.2 Å². The van der Waals surface area contributed by atoms with E-state index in [0.717, 1.165) is 0 Å². The molecule has 0 amide bonds. The van der Waals surface area contributed by atoms with Crippen LogP contribution in [-0.4, -0.2) is 20.4 Å². The molecule has 1 aliphatic heterocycles. The standard InChI is InChI=1S/C21H14N2O3S/c24-17(18-10-5-11-27-18)12-21(26)14-7-2-4-9-16(14)23-19(25)13-6-1-3-8-15(13)22-20(21)23/h1-11,26H,12H2. The molecule has 0 spiro atoms. The topological polar surface area (TPSA) is 72.2 Å². The highest BCUT2D eigenvalue weighted by atomic mass is 32.1. The summed E-state index contributed by atoms with van der Waals surface area (Å²) < 4.78 is 1.43. The highest BCUT2D eigenvalue weighted by molar-refractivity contribution is 7.12. The van der Waals surface area contributed by atoms with E-state index in [4.69, 9.17) is 0 Å². The van der Waals surface area contributed by atoms with Gasteiger partial charge in [-0.05, 0) is 29.6 Å². The van der Waals surface area contributed by atoms with E-state index in [9.17, 15) is 14.7 Å². The first-order chi connectivity index (χ1) is 13.1. The lowest BCUT2D eigenvalue weighted by Gasteiger charge is -2.22. The molecule has 2 aromatic carbocycles. The first-order valence-corrected chi connectivity index (χ1v) is 9.39. The molecule has 0 saturated heterocycles. The van der Waals surface area contributed by atoms with Crippen LogP contribution in [0.25, 0.3) is 16.6 Å². The Morgan fingerprint density at radius 2 is 1.85 bits per heavy atom. The number of carbonyl (C=O) groups excluding carboxylic acids is 1. The van der Waals surface area contributed by atoms with Gasteiger partial charge in [-0.3, -0.25) is 14.2 Å². The number of Topliss-reactive ketones (excluding diaryl/α,β-unsaturated/α-hetero) is 1. The minimum absolute atomic E-state index is 0.171. The largest absolute Gasteiger partial charge is 0.377 e. The van der Waals surface area contributed by atoms with Crippen molar-refractivity contribution in [2.24, 2.45) is 0 Å². The lowest BCUT2D eigenvalue weighted by Crippen LogP contribution is -2.32. The average Bonchev–Trinajstić information content (AvgIpc) is 3.29. The Labute approximate surface area is 158 Å². The molecule has 1 atom stereocenters. The summed E-state index contributed by atoms with van der Waals surface area (Å²) in [6.45, 7) is 0. The van der Waals surface area contributed by atoms with Crippen molar-refractivity contribution < 1.29 is 9.90 Å². The number of rotatable bonds is 3. The van der Waals surface area contributed by atoms with Gasteiger partial charge in [-0.2, -0.15) is 0 Å². The van der Waals surface area contributed by atoms with Crippen molar-refractivity contribution in [2.45, 2.75) is 12.0 Å². The highest BCUT2D eigenvalue weighted by Crippen LogP contribution is 2.42. The van der Waals surface area contributed by atoms with E-state index in [-0.39, 0.29) is 23.6 Å². The van der Waals surface area contributed by atoms with Crippen molar-refractivity contribution in [3.63, 3.8) is 0 Å². The van der Waals surface area contributed by atoms with Crippen molar-refractivity contribution in [1.29, 1.82) is 0 Å². The van der Waals surface area contributed by atoms with Crippen molar-refractivity contribution in [3.05, 3.63) is 92.7 Å². The lowest BCUT2D eigenvalue weighted by molar-refractivity contribution is 0.0564. The minimum Gasteiger partial charge on any atom is -0.377 e. The Morgan fingerprint density at radius 1 is 1.07 bits per heavy atom. The van der Waals surface area contributed by atoms with E-state index in [1.54, 1.807) is 60.7 Å². The van der Waals surface area contributed by atoms with Gasteiger partial charge in [0.25, 0.3) is 5.56 Å². The molecule has 27 heavy (non-hydrogen) atoms. The number of hydrogen-bond donors (Lipinski definition) is 1. The van der Waals surface area contributed by atoms with Gasteiger partial charge < -0.3 is 5.11 Å². The lowest BCUT2D eigenvalue weighted by atomic mass is 9.89. The fourth-order valence-electron chi connectivity index (χ4n) is 3.70. The number of ketones is 1. The number of carbonyl (C=O) groups is 1. The molecule has 1 N–H and O–H groups in total. The molecule has 0 saturated carbocycles. The SMILES string of the molecule is O=C(CC1(O)c2ccccc2-n2c1nc1ccccc1c2=O)c1cccs1. The summed E-state index contributed by atoms with van der Waals surface area (Å²) in [5.41, 5.74) is -0.306. The third-order valence-corrected chi connectivity index (χ3v) is 5.86. The number of thiophene rings is 1. The first-order valence-electron chi connectivity index (χ1n) is 8.51. The van der Waals surface area contributed by atoms with Gasteiger partial charge in [0.05, 0.1) is 27.9 Å². The van der Waals surface area contributed by atoms with Crippen LogP contribution < -0.4 is 5.56 Å². The summed E-state index contributed by atoms with van der Waals surface area (Å²) in [6, 6.07) is 17.7. The highest BCUT2D eigenvalue weighted by Gasteiger charge is 2.46. The first kappa shape index (κ1) is 16.1. The van der Waals surface area contributed by atoms with Crippen molar-refractivity contribution in [3.8, 4) is 5.69 Å². The summed E-state index contributed by atoms with van der Waals surface area (Å²) in [5.74, 6) is 0.00969. The molecule has 0 fully saturated rings. The molecule has 0 radical (unpaired) electrons. The number of fused-ring (bicyclic) bond motifs is 4. The maximum absolute atomic E-state index is 13.1. The molecule has 2 aromatic heterocycles. The summed E-state index contributed by atoms with van der Waals surface area (Å²) in [4.78, 5) is 31.0. The summed E-state index contributed by atoms with van der Waals surface area (Å²) in [7, 11) is 0.